The molecule has 1 N–H and O–H groups in total. The van der Waals surface area contributed by atoms with Gasteiger partial charge in [0.05, 0.1) is 0 Å². The van der Waals surface area contributed by atoms with E-state index in [9.17, 15) is 9.59 Å². The van der Waals surface area contributed by atoms with Crippen LogP contribution >= 0.6 is 0 Å². The van der Waals surface area contributed by atoms with Crippen molar-refractivity contribution in [3.05, 3.63) is 0 Å². The van der Waals surface area contributed by atoms with E-state index in [1.54, 1.807) is 0 Å². The maximum Gasteiger partial charge on any atom is 0.233 e. The van der Waals surface area contributed by atoms with Gasteiger partial charge in [0, 0.05) is 12.0 Å². The summed E-state index contributed by atoms with van der Waals surface area (Å²) < 4.78 is 0. The number of Topliss-reactive ketones (excluding diaryl/α,β-unsaturated/α-hetero) is 1. The summed E-state index contributed by atoms with van der Waals surface area (Å²) in [6, 6.07) is 0. The summed E-state index contributed by atoms with van der Waals surface area (Å²) >= 11 is 0. The standard InChI is InChI=1S/C26H47NO2/c1-4-5-6-7-8-9-10-11-12-13-14-15-16-17-20-27-24(29)26-19-18-22(21-26)25(2,3)23(26)28/h22H,4-21H2,1-3H3,(H,27,29). The Labute approximate surface area is 180 Å². The Morgan fingerprint density at radius 3 is 1.79 bits per heavy atom. The Hall–Kier alpha value is -0.860. The van der Waals surface area contributed by atoms with Gasteiger partial charge in [-0.3, -0.25) is 9.59 Å². The van der Waals surface area contributed by atoms with E-state index in [4.69, 9.17) is 0 Å². The lowest BCUT2D eigenvalue weighted by Gasteiger charge is -2.32. The van der Waals surface area contributed by atoms with Gasteiger partial charge in [0.25, 0.3) is 0 Å². The Bertz CT molecular complexity index is 513. The average Bonchev–Trinajstić information content (AvgIpc) is 3.23. The number of rotatable bonds is 16. The first kappa shape index (κ1) is 24.4. The number of carbonyl (C=O) groups excluding carboxylic acids is 2. The van der Waals surface area contributed by atoms with E-state index in [0.29, 0.717) is 5.92 Å². The molecule has 0 aliphatic heterocycles. The Morgan fingerprint density at radius 2 is 1.34 bits per heavy atom. The number of hydrogen-bond acceptors (Lipinski definition) is 2. The van der Waals surface area contributed by atoms with Crippen LogP contribution in [0.5, 0.6) is 0 Å². The zero-order chi connectivity index (χ0) is 21.2. The number of ketones is 1. The van der Waals surface area contributed by atoms with Gasteiger partial charge in [-0.2, -0.15) is 0 Å². The predicted molar refractivity (Wildman–Crippen MR) is 122 cm³/mol. The molecule has 168 valence electrons. The number of amides is 1. The highest BCUT2D eigenvalue weighted by Gasteiger charge is 2.64. The van der Waals surface area contributed by atoms with Crippen LogP contribution in [-0.4, -0.2) is 18.2 Å². The van der Waals surface area contributed by atoms with E-state index >= 15 is 0 Å². The molecule has 2 rings (SSSR count). The molecule has 2 atom stereocenters. The van der Waals surface area contributed by atoms with Crippen molar-refractivity contribution < 1.29 is 9.59 Å². The molecule has 2 unspecified atom stereocenters. The SMILES string of the molecule is CCCCCCCCCCCCCCCCNC(=O)C12CCC(C1)C(C)(C)C2=O. The maximum absolute atomic E-state index is 12.8. The summed E-state index contributed by atoms with van der Waals surface area (Å²) in [6.45, 7) is 7.07. The Kier molecular flexibility index (Phi) is 10.2. The minimum Gasteiger partial charge on any atom is -0.355 e. The van der Waals surface area contributed by atoms with Crippen LogP contribution in [0.4, 0.5) is 0 Å². The normalized spacial score (nSPS) is 24.9. The number of unbranched alkanes of at least 4 members (excludes halogenated alkanes) is 13. The van der Waals surface area contributed by atoms with Gasteiger partial charge in [-0.05, 0) is 31.6 Å². The highest BCUT2D eigenvalue weighted by Crippen LogP contribution is 2.60. The van der Waals surface area contributed by atoms with Crippen molar-refractivity contribution >= 4 is 11.7 Å². The van der Waals surface area contributed by atoms with Gasteiger partial charge >= 0.3 is 0 Å². The topological polar surface area (TPSA) is 46.2 Å². The third-order valence-corrected chi connectivity index (χ3v) is 7.81. The van der Waals surface area contributed by atoms with Crippen molar-refractivity contribution in [1.82, 2.24) is 5.32 Å². The lowest BCUT2D eigenvalue weighted by Crippen LogP contribution is -2.47. The molecule has 2 bridgehead atoms. The first-order chi connectivity index (χ1) is 13.9. The maximum atomic E-state index is 12.8. The highest BCUT2D eigenvalue weighted by molar-refractivity contribution is 6.10. The van der Waals surface area contributed by atoms with Crippen molar-refractivity contribution in [3.8, 4) is 0 Å². The van der Waals surface area contributed by atoms with Crippen LogP contribution in [0.1, 0.15) is 130 Å². The van der Waals surface area contributed by atoms with E-state index in [-0.39, 0.29) is 17.1 Å². The molecule has 2 fully saturated rings. The smallest absolute Gasteiger partial charge is 0.233 e. The van der Waals surface area contributed by atoms with Crippen LogP contribution in [0.3, 0.4) is 0 Å². The second-order valence-corrected chi connectivity index (χ2v) is 10.4. The molecular formula is C26H47NO2. The summed E-state index contributed by atoms with van der Waals surface area (Å²) in [5, 5.41) is 3.09. The van der Waals surface area contributed by atoms with Crippen molar-refractivity contribution in [1.29, 1.82) is 0 Å². The van der Waals surface area contributed by atoms with Gasteiger partial charge in [0.1, 0.15) is 5.41 Å². The van der Waals surface area contributed by atoms with E-state index in [2.05, 4.69) is 12.2 Å². The quantitative estimate of drug-likeness (QED) is 0.222. The Balaban J connectivity index is 1.41. The molecule has 2 aliphatic carbocycles. The molecule has 0 aromatic carbocycles. The summed E-state index contributed by atoms with van der Waals surface area (Å²) in [5.41, 5.74) is -0.991. The van der Waals surface area contributed by atoms with E-state index in [1.807, 2.05) is 13.8 Å². The van der Waals surface area contributed by atoms with Crippen molar-refractivity contribution in [2.45, 2.75) is 130 Å². The van der Waals surface area contributed by atoms with Crippen LogP contribution in [-0.2, 0) is 9.59 Å². The number of nitrogens with one attached hydrogen (secondary N) is 1. The second kappa shape index (κ2) is 12.1. The van der Waals surface area contributed by atoms with Crippen LogP contribution < -0.4 is 5.32 Å². The van der Waals surface area contributed by atoms with Crippen LogP contribution in [0.2, 0.25) is 0 Å². The minimum atomic E-state index is -0.690. The lowest BCUT2D eigenvalue weighted by atomic mass is 9.70. The average molecular weight is 406 g/mol. The number of carbonyl (C=O) groups is 2. The lowest BCUT2D eigenvalue weighted by molar-refractivity contribution is -0.145. The van der Waals surface area contributed by atoms with Crippen LogP contribution in [0.15, 0.2) is 0 Å². The third-order valence-electron chi connectivity index (χ3n) is 7.81. The number of fused-ring (bicyclic) bond motifs is 2. The van der Waals surface area contributed by atoms with E-state index in [0.717, 1.165) is 32.2 Å². The van der Waals surface area contributed by atoms with Gasteiger partial charge < -0.3 is 5.32 Å². The third kappa shape index (κ3) is 6.56. The fourth-order valence-electron chi connectivity index (χ4n) is 5.67. The number of hydrogen-bond donors (Lipinski definition) is 1. The summed E-state index contributed by atoms with van der Waals surface area (Å²) in [7, 11) is 0. The van der Waals surface area contributed by atoms with Gasteiger partial charge in [-0.15, -0.1) is 0 Å². The first-order valence-corrected chi connectivity index (χ1v) is 12.8. The largest absolute Gasteiger partial charge is 0.355 e. The molecule has 0 radical (unpaired) electrons. The first-order valence-electron chi connectivity index (χ1n) is 12.8. The molecule has 0 spiro atoms. The molecular weight excluding hydrogens is 358 g/mol. The fraction of sp³-hybridized carbons (Fsp3) is 0.923. The van der Waals surface area contributed by atoms with E-state index < -0.39 is 5.41 Å². The van der Waals surface area contributed by atoms with Crippen molar-refractivity contribution in [2.75, 3.05) is 6.54 Å². The molecule has 0 saturated heterocycles. The van der Waals surface area contributed by atoms with Crippen LogP contribution in [0.25, 0.3) is 0 Å². The van der Waals surface area contributed by atoms with Gasteiger partial charge in [0.2, 0.25) is 5.91 Å². The molecule has 0 aromatic heterocycles. The monoisotopic (exact) mass is 405 g/mol. The summed E-state index contributed by atoms with van der Waals surface area (Å²) in [6.07, 6.45) is 21.4. The van der Waals surface area contributed by atoms with Crippen molar-refractivity contribution in [3.63, 3.8) is 0 Å². The zero-order valence-electron chi connectivity index (χ0n) is 19.6. The molecule has 29 heavy (non-hydrogen) atoms. The molecule has 3 nitrogen and oxygen atoms in total. The second-order valence-electron chi connectivity index (χ2n) is 10.4. The van der Waals surface area contributed by atoms with Gasteiger partial charge in [-0.25, -0.2) is 0 Å². The van der Waals surface area contributed by atoms with Gasteiger partial charge in [-0.1, -0.05) is 104 Å². The molecule has 0 aromatic rings. The predicted octanol–water partition coefficient (Wildman–Crippen LogP) is 6.98. The molecule has 1 amide bonds. The zero-order valence-corrected chi connectivity index (χ0v) is 19.6. The van der Waals surface area contributed by atoms with Crippen LogP contribution in [0, 0.1) is 16.7 Å². The molecule has 0 heterocycles. The summed E-state index contributed by atoms with van der Waals surface area (Å²) in [4.78, 5) is 25.5. The minimum absolute atomic E-state index is 0.0188. The summed E-state index contributed by atoms with van der Waals surface area (Å²) in [5.74, 6) is 0.617. The molecule has 3 heteroatoms. The fourth-order valence-corrected chi connectivity index (χ4v) is 5.67. The van der Waals surface area contributed by atoms with Gasteiger partial charge in [0.15, 0.2) is 5.78 Å². The Morgan fingerprint density at radius 1 is 0.862 bits per heavy atom. The molecule has 2 saturated carbocycles. The highest BCUT2D eigenvalue weighted by atomic mass is 16.2. The molecule has 2 aliphatic rings. The van der Waals surface area contributed by atoms with E-state index in [1.165, 1.54) is 83.5 Å². The van der Waals surface area contributed by atoms with Crippen molar-refractivity contribution in [2.24, 2.45) is 16.7 Å².